The van der Waals surface area contributed by atoms with Crippen LogP contribution < -0.4 is 0 Å². The predicted octanol–water partition coefficient (Wildman–Crippen LogP) is 5.17. The molecule has 0 amide bonds. The zero-order valence-corrected chi connectivity index (χ0v) is 10.0. The fraction of sp³-hybridized carbons (Fsp3) is 0.250. The molecule has 84 valence electrons. The van der Waals surface area contributed by atoms with Crippen LogP contribution in [0.3, 0.4) is 0 Å². The van der Waals surface area contributed by atoms with Crippen LogP contribution in [0, 0.1) is 0 Å². The quantitative estimate of drug-likeness (QED) is 0.611. The maximum absolute atomic E-state index is 12.4. The third-order valence-electron chi connectivity index (χ3n) is 1.60. The molecule has 0 saturated carbocycles. The van der Waals surface area contributed by atoms with Crippen molar-refractivity contribution in [1.82, 2.24) is 0 Å². The van der Waals surface area contributed by atoms with E-state index in [2.05, 4.69) is 31.9 Å². The maximum Gasteiger partial charge on any atom is 0.417 e. The molecule has 0 nitrogen and oxygen atoms in total. The molecule has 0 bridgehead atoms. The molecule has 0 aliphatic carbocycles. The molecule has 0 spiro atoms. The molecule has 0 aliphatic heterocycles. The molecule has 0 aromatic heterocycles. The van der Waals surface area contributed by atoms with Crippen LogP contribution in [0.15, 0.2) is 21.1 Å². The highest BCUT2D eigenvalue weighted by Gasteiger charge is 2.38. The first-order chi connectivity index (χ1) is 6.73. The van der Waals surface area contributed by atoms with Crippen molar-refractivity contribution in [2.24, 2.45) is 0 Å². The average molecular weight is 354 g/mol. The summed E-state index contributed by atoms with van der Waals surface area (Å²) in [6, 6.07) is 1.84. The minimum absolute atomic E-state index is 0.165. The predicted molar refractivity (Wildman–Crippen MR) is 51.8 cm³/mol. The lowest BCUT2D eigenvalue weighted by molar-refractivity contribution is -0.140. The molecule has 0 radical (unpaired) electrons. The monoisotopic (exact) mass is 352 g/mol. The van der Waals surface area contributed by atoms with Crippen molar-refractivity contribution in [1.29, 1.82) is 0 Å². The van der Waals surface area contributed by atoms with E-state index in [1.54, 1.807) is 0 Å². The van der Waals surface area contributed by atoms with E-state index in [-0.39, 0.29) is 4.47 Å². The Balaban J connectivity index is 3.48. The van der Waals surface area contributed by atoms with Crippen molar-refractivity contribution in [2.45, 2.75) is 12.6 Å². The second kappa shape index (κ2) is 4.37. The van der Waals surface area contributed by atoms with Crippen LogP contribution >= 0.6 is 31.9 Å². The smallest absolute Gasteiger partial charge is 0.205 e. The Morgan fingerprint density at radius 1 is 1.07 bits per heavy atom. The zero-order valence-electron chi connectivity index (χ0n) is 6.88. The number of hydrogen-bond donors (Lipinski definition) is 0. The fourth-order valence-corrected chi connectivity index (χ4v) is 2.55. The van der Waals surface area contributed by atoms with Crippen LogP contribution in [0.1, 0.15) is 17.6 Å². The van der Waals surface area contributed by atoms with Crippen LogP contribution in [-0.4, -0.2) is 0 Å². The zero-order chi connectivity index (χ0) is 11.8. The Morgan fingerprint density at radius 2 is 1.60 bits per heavy atom. The summed E-state index contributed by atoms with van der Waals surface area (Å²) in [7, 11) is 0. The minimum Gasteiger partial charge on any atom is -0.205 e. The van der Waals surface area contributed by atoms with Gasteiger partial charge in [-0.05, 0) is 12.1 Å². The van der Waals surface area contributed by atoms with Gasteiger partial charge in [0, 0.05) is 14.5 Å². The normalized spacial score (nSPS) is 12.3. The summed E-state index contributed by atoms with van der Waals surface area (Å²) in [5.74, 6) is 0. The van der Waals surface area contributed by atoms with Gasteiger partial charge in [-0.2, -0.15) is 13.2 Å². The van der Waals surface area contributed by atoms with Crippen LogP contribution in [0.2, 0.25) is 0 Å². The second-order valence-corrected chi connectivity index (χ2v) is 4.42. The summed E-state index contributed by atoms with van der Waals surface area (Å²) in [4.78, 5) is 0. The first-order valence-electron chi connectivity index (χ1n) is 3.57. The highest BCUT2D eigenvalue weighted by Crippen LogP contribution is 2.42. The highest BCUT2D eigenvalue weighted by atomic mass is 79.9. The Kier molecular flexibility index (Phi) is 3.76. The lowest BCUT2D eigenvalue weighted by atomic mass is 10.1. The minimum atomic E-state index is -4.80. The van der Waals surface area contributed by atoms with Gasteiger partial charge in [0.15, 0.2) is 0 Å². The molecule has 0 fully saturated rings. The Morgan fingerprint density at radius 3 is 2.00 bits per heavy atom. The SMILES string of the molecule is FC(F)c1cc(Br)cc(Br)c1C(F)(F)F. The van der Waals surface area contributed by atoms with Crippen LogP contribution in [0.25, 0.3) is 0 Å². The summed E-state index contributed by atoms with van der Waals surface area (Å²) in [5.41, 5.74) is -2.37. The first-order valence-corrected chi connectivity index (χ1v) is 5.16. The van der Waals surface area contributed by atoms with Crippen LogP contribution in [0.4, 0.5) is 22.0 Å². The molecule has 0 aliphatic rings. The molecule has 1 rings (SSSR count). The van der Waals surface area contributed by atoms with Gasteiger partial charge in [-0.25, -0.2) is 8.78 Å². The van der Waals surface area contributed by atoms with Gasteiger partial charge in [0.25, 0.3) is 6.43 Å². The summed E-state index contributed by atoms with van der Waals surface area (Å²) in [5, 5.41) is 0. The third kappa shape index (κ3) is 2.90. The topological polar surface area (TPSA) is 0 Å². The Bertz CT molecular complexity index is 372. The number of rotatable bonds is 1. The van der Waals surface area contributed by atoms with Gasteiger partial charge < -0.3 is 0 Å². The molecule has 15 heavy (non-hydrogen) atoms. The lowest BCUT2D eigenvalue weighted by Gasteiger charge is -2.14. The largest absolute Gasteiger partial charge is 0.417 e. The van der Waals surface area contributed by atoms with E-state index in [4.69, 9.17) is 0 Å². The molecule has 0 heterocycles. The number of hydrogen-bond acceptors (Lipinski definition) is 0. The number of benzene rings is 1. The van der Waals surface area contributed by atoms with E-state index in [0.29, 0.717) is 0 Å². The van der Waals surface area contributed by atoms with E-state index in [1.165, 1.54) is 0 Å². The van der Waals surface area contributed by atoms with Crippen molar-refractivity contribution in [2.75, 3.05) is 0 Å². The van der Waals surface area contributed by atoms with E-state index in [1.807, 2.05) is 0 Å². The van der Waals surface area contributed by atoms with Crippen molar-refractivity contribution < 1.29 is 22.0 Å². The third-order valence-corrected chi connectivity index (χ3v) is 2.69. The van der Waals surface area contributed by atoms with Gasteiger partial charge in [-0.1, -0.05) is 31.9 Å². The van der Waals surface area contributed by atoms with Gasteiger partial charge in [0.1, 0.15) is 0 Å². The van der Waals surface area contributed by atoms with Gasteiger partial charge >= 0.3 is 6.18 Å². The molecule has 0 N–H and O–H groups in total. The Hall–Kier alpha value is -0.170. The van der Waals surface area contributed by atoms with Crippen molar-refractivity contribution in [3.05, 3.63) is 32.2 Å². The fourth-order valence-electron chi connectivity index (χ4n) is 1.06. The molecular weight excluding hydrogens is 351 g/mol. The lowest BCUT2D eigenvalue weighted by Crippen LogP contribution is -2.10. The molecule has 0 unspecified atom stereocenters. The van der Waals surface area contributed by atoms with Crippen molar-refractivity contribution in [3.8, 4) is 0 Å². The molecule has 1 aromatic rings. The summed E-state index contributed by atoms with van der Waals surface area (Å²) < 4.78 is 61.8. The summed E-state index contributed by atoms with van der Waals surface area (Å²) >= 11 is 5.47. The maximum atomic E-state index is 12.4. The molecular formula is C8H3Br2F5. The molecule has 0 atom stereocenters. The van der Waals surface area contributed by atoms with E-state index in [9.17, 15) is 22.0 Å². The van der Waals surface area contributed by atoms with Crippen LogP contribution in [-0.2, 0) is 6.18 Å². The Labute approximate surface area is 98.7 Å². The number of halogens is 7. The van der Waals surface area contributed by atoms with Crippen molar-refractivity contribution in [3.63, 3.8) is 0 Å². The average Bonchev–Trinajstić information content (AvgIpc) is 1.99. The van der Waals surface area contributed by atoms with Crippen LogP contribution in [0.5, 0.6) is 0 Å². The molecule has 0 saturated heterocycles. The van der Waals surface area contributed by atoms with Gasteiger partial charge in [0.05, 0.1) is 5.56 Å². The summed E-state index contributed by atoms with van der Waals surface area (Å²) in [6.45, 7) is 0. The van der Waals surface area contributed by atoms with Gasteiger partial charge in [0.2, 0.25) is 0 Å². The second-order valence-electron chi connectivity index (χ2n) is 2.65. The molecule has 7 heteroatoms. The molecule has 1 aromatic carbocycles. The van der Waals surface area contributed by atoms with E-state index < -0.39 is 28.2 Å². The standard InChI is InChI=1S/C8H3Br2F5/c9-3-1-4(7(11)12)6(5(10)2-3)8(13,14)15/h1-2,7H. The van der Waals surface area contributed by atoms with Gasteiger partial charge in [-0.3, -0.25) is 0 Å². The number of alkyl halides is 5. The highest BCUT2D eigenvalue weighted by molar-refractivity contribution is 9.11. The van der Waals surface area contributed by atoms with Gasteiger partial charge in [-0.15, -0.1) is 0 Å². The summed E-state index contributed by atoms with van der Waals surface area (Å²) in [6.07, 6.45) is -7.97. The van der Waals surface area contributed by atoms with E-state index >= 15 is 0 Å². The first kappa shape index (κ1) is 12.9. The van der Waals surface area contributed by atoms with E-state index in [0.717, 1.165) is 12.1 Å². The van der Waals surface area contributed by atoms with Crippen molar-refractivity contribution >= 4 is 31.9 Å².